The number of ether oxygens (including phenoxy) is 1. The number of aromatic carboxylic acids is 1. The minimum atomic E-state index is -1.13. The highest BCUT2D eigenvalue weighted by Gasteiger charge is 2.25. The summed E-state index contributed by atoms with van der Waals surface area (Å²) in [6, 6.07) is 4.58. The number of carbonyl (C=O) groups is 1. The lowest BCUT2D eigenvalue weighted by Gasteiger charge is -2.30. The van der Waals surface area contributed by atoms with Gasteiger partial charge in [-0.1, -0.05) is 19.1 Å². The fraction of sp³-hybridized carbons (Fsp3) is 0.462. The van der Waals surface area contributed by atoms with Crippen LogP contribution in [0, 0.1) is 0 Å². The summed E-state index contributed by atoms with van der Waals surface area (Å²) in [6.07, 6.45) is 1.12. The average molecular weight is 251 g/mol. The summed E-state index contributed by atoms with van der Waals surface area (Å²) < 4.78 is 5.63. The number of hydrogen-bond donors (Lipinski definition) is 3. The lowest BCUT2D eigenvalue weighted by Crippen LogP contribution is -2.40. The van der Waals surface area contributed by atoms with Gasteiger partial charge in [0.2, 0.25) is 0 Å². The molecule has 1 aromatic carbocycles. The van der Waals surface area contributed by atoms with Crippen LogP contribution >= 0.6 is 0 Å². The van der Waals surface area contributed by atoms with Gasteiger partial charge < -0.3 is 20.3 Å². The van der Waals surface area contributed by atoms with E-state index in [1.54, 1.807) is 12.1 Å². The van der Waals surface area contributed by atoms with Crippen LogP contribution in [0.15, 0.2) is 18.2 Å². The summed E-state index contributed by atoms with van der Waals surface area (Å²) in [5.41, 5.74) is 0.497. The van der Waals surface area contributed by atoms with E-state index >= 15 is 0 Å². The van der Waals surface area contributed by atoms with Crippen molar-refractivity contribution in [2.45, 2.75) is 25.5 Å². The normalized spacial score (nSPS) is 23.8. The SMILES string of the molecule is CCC1CNC(c2cccc(C(=O)O)c2O)CO1. The fourth-order valence-corrected chi connectivity index (χ4v) is 2.10. The van der Waals surface area contributed by atoms with Crippen molar-refractivity contribution in [3.63, 3.8) is 0 Å². The number of phenols is 1. The summed E-state index contributed by atoms with van der Waals surface area (Å²) in [5.74, 6) is -1.31. The molecule has 1 saturated heterocycles. The van der Waals surface area contributed by atoms with E-state index in [0.29, 0.717) is 18.7 Å². The number of rotatable bonds is 3. The van der Waals surface area contributed by atoms with Crippen LogP contribution in [-0.4, -0.2) is 35.4 Å². The Morgan fingerprint density at radius 1 is 1.56 bits per heavy atom. The average Bonchev–Trinajstić information content (AvgIpc) is 2.39. The van der Waals surface area contributed by atoms with Crippen molar-refractivity contribution >= 4 is 5.97 Å². The molecular formula is C13H17NO4. The van der Waals surface area contributed by atoms with Crippen molar-refractivity contribution in [3.05, 3.63) is 29.3 Å². The van der Waals surface area contributed by atoms with Crippen LogP contribution in [0.25, 0.3) is 0 Å². The number of para-hydroxylation sites is 1. The molecule has 2 unspecified atom stereocenters. The monoisotopic (exact) mass is 251 g/mol. The summed E-state index contributed by atoms with van der Waals surface area (Å²) in [6.45, 7) is 3.20. The van der Waals surface area contributed by atoms with E-state index in [-0.39, 0.29) is 23.5 Å². The molecule has 0 bridgehead atoms. The minimum Gasteiger partial charge on any atom is -0.507 e. The Kier molecular flexibility index (Phi) is 3.84. The number of nitrogens with one attached hydrogen (secondary N) is 1. The molecule has 18 heavy (non-hydrogen) atoms. The van der Waals surface area contributed by atoms with E-state index in [9.17, 15) is 9.90 Å². The molecule has 0 radical (unpaired) electrons. The highest BCUT2D eigenvalue weighted by molar-refractivity contribution is 5.91. The van der Waals surface area contributed by atoms with Crippen LogP contribution in [-0.2, 0) is 4.74 Å². The van der Waals surface area contributed by atoms with Crippen molar-refractivity contribution in [2.75, 3.05) is 13.2 Å². The first-order valence-corrected chi connectivity index (χ1v) is 6.03. The predicted octanol–water partition coefficient (Wildman–Crippen LogP) is 1.53. The maximum Gasteiger partial charge on any atom is 0.339 e. The Balaban J connectivity index is 2.19. The molecule has 0 amide bonds. The highest BCUT2D eigenvalue weighted by Crippen LogP contribution is 2.29. The second-order valence-corrected chi connectivity index (χ2v) is 4.37. The van der Waals surface area contributed by atoms with Crippen LogP contribution in [0.5, 0.6) is 5.75 Å². The number of carboxylic acids is 1. The maximum absolute atomic E-state index is 10.9. The van der Waals surface area contributed by atoms with Gasteiger partial charge in [-0.25, -0.2) is 4.79 Å². The molecule has 1 aromatic rings. The smallest absolute Gasteiger partial charge is 0.339 e. The second kappa shape index (κ2) is 5.37. The topological polar surface area (TPSA) is 78.8 Å². The molecule has 1 fully saturated rings. The number of morpholine rings is 1. The summed E-state index contributed by atoms with van der Waals surface area (Å²) in [7, 11) is 0. The van der Waals surface area contributed by atoms with Crippen molar-refractivity contribution in [2.24, 2.45) is 0 Å². The van der Waals surface area contributed by atoms with Crippen LogP contribution in [0.4, 0.5) is 0 Å². The zero-order valence-electron chi connectivity index (χ0n) is 10.2. The molecule has 5 nitrogen and oxygen atoms in total. The first-order chi connectivity index (χ1) is 8.63. The Morgan fingerprint density at radius 2 is 2.33 bits per heavy atom. The third kappa shape index (κ3) is 2.47. The van der Waals surface area contributed by atoms with E-state index in [0.717, 1.165) is 6.42 Å². The van der Waals surface area contributed by atoms with Crippen molar-refractivity contribution < 1.29 is 19.7 Å². The van der Waals surface area contributed by atoms with Gasteiger partial charge >= 0.3 is 5.97 Å². The summed E-state index contributed by atoms with van der Waals surface area (Å²) >= 11 is 0. The minimum absolute atomic E-state index is 0.0769. The van der Waals surface area contributed by atoms with Gasteiger partial charge in [-0.3, -0.25) is 0 Å². The van der Waals surface area contributed by atoms with Gasteiger partial charge in [0.05, 0.1) is 18.8 Å². The lowest BCUT2D eigenvalue weighted by atomic mass is 10.0. The molecule has 0 aromatic heterocycles. The van der Waals surface area contributed by atoms with Crippen molar-refractivity contribution in [3.8, 4) is 5.75 Å². The van der Waals surface area contributed by atoms with Gasteiger partial charge in [0.15, 0.2) is 0 Å². The summed E-state index contributed by atoms with van der Waals surface area (Å²) in [5, 5.41) is 22.2. The quantitative estimate of drug-likeness (QED) is 0.759. The highest BCUT2D eigenvalue weighted by atomic mass is 16.5. The molecule has 1 aliphatic rings. The van der Waals surface area contributed by atoms with Crippen molar-refractivity contribution in [1.29, 1.82) is 0 Å². The Hall–Kier alpha value is -1.59. The molecule has 2 atom stereocenters. The van der Waals surface area contributed by atoms with E-state index in [1.807, 2.05) is 0 Å². The predicted molar refractivity (Wildman–Crippen MR) is 65.8 cm³/mol. The van der Waals surface area contributed by atoms with Crippen LogP contribution in [0.3, 0.4) is 0 Å². The number of aromatic hydroxyl groups is 1. The molecule has 1 heterocycles. The standard InChI is InChI=1S/C13H17NO4/c1-2-8-6-14-11(7-18-8)9-4-3-5-10(12(9)15)13(16)17/h3-5,8,11,14-15H,2,6-7H2,1H3,(H,16,17). The van der Waals surface area contributed by atoms with Gasteiger partial charge in [0.25, 0.3) is 0 Å². The Morgan fingerprint density at radius 3 is 2.89 bits per heavy atom. The van der Waals surface area contributed by atoms with Crippen LogP contribution < -0.4 is 5.32 Å². The van der Waals surface area contributed by atoms with Gasteiger partial charge in [-0.15, -0.1) is 0 Å². The zero-order valence-corrected chi connectivity index (χ0v) is 10.2. The van der Waals surface area contributed by atoms with E-state index in [4.69, 9.17) is 9.84 Å². The van der Waals surface area contributed by atoms with Gasteiger partial charge in [0, 0.05) is 12.1 Å². The number of benzene rings is 1. The van der Waals surface area contributed by atoms with Gasteiger partial charge in [-0.05, 0) is 12.5 Å². The first-order valence-electron chi connectivity index (χ1n) is 6.03. The van der Waals surface area contributed by atoms with E-state index < -0.39 is 5.97 Å². The molecule has 0 aliphatic carbocycles. The molecule has 98 valence electrons. The molecule has 0 saturated carbocycles. The van der Waals surface area contributed by atoms with Crippen molar-refractivity contribution in [1.82, 2.24) is 5.32 Å². The van der Waals surface area contributed by atoms with Gasteiger partial charge in [-0.2, -0.15) is 0 Å². The first kappa shape index (κ1) is 12.9. The zero-order chi connectivity index (χ0) is 13.1. The summed E-state index contributed by atoms with van der Waals surface area (Å²) in [4.78, 5) is 10.9. The molecule has 5 heteroatoms. The molecular weight excluding hydrogens is 234 g/mol. The number of carboxylic acid groups (broad SMARTS) is 1. The third-order valence-electron chi connectivity index (χ3n) is 3.22. The molecule has 0 spiro atoms. The second-order valence-electron chi connectivity index (χ2n) is 4.37. The van der Waals surface area contributed by atoms with E-state index in [2.05, 4.69) is 12.2 Å². The number of hydrogen-bond acceptors (Lipinski definition) is 4. The maximum atomic E-state index is 10.9. The molecule has 3 N–H and O–H groups in total. The third-order valence-corrected chi connectivity index (χ3v) is 3.22. The fourth-order valence-electron chi connectivity index (χ4n) is 2.10. The molecule has 1 aliphatic heterocycles. The van der Waals surface area contributed by atoms with Crippen LogP contribution in [0.2, 0.25) is 0 Å². The van der Waals surface area contributed by atoms with Gasteiger partial charge in [0.1, 0.15) is 11.3 Å². The van der Waals surface area contributed by atoms with E-state index in [1.165, 1.54) is 6.07 Å². The van der Waals surface area contributed by atoms with Crippen LogP contribution in [0.1, 0.15) is 35.3 Å². The largest absolute Gasteiger partial charge is 0.507 e. The molecule has 2 rings (SSSR count). The Bertz CT molecular complexity index is 439. The lowest BCUT2D eigenvalue weighted by molar-refractivity contribution is 0.00155. The Labute approximate surface area is 105 Å².